The molecule has 0 radical (unpaired) electrons. The number of para-hydroxylation sites is 1. The van der Waals surface area contributed by atoms with Crippen molar-refractivity contribution in [1.82, 2.24) is 15.3 Å². The molecular formula is C20H26FN5O. The second-order valence-electron chi connectivity index (χ2n) is 6.65. The van der Waals surface area contributed by atoms with Crippen LogP contribution in [0.4, 0.5) is 15.9 Å². The summed E-state index contributed by atoms with van der Waals surface area (Å²) in [5, 5.41) is 2.86. The normalized spacial score (nSPS) is 14.3. The Bertz CT molecular complexity index is 744. The minimum absolute atomic E-state index is 0.186. The summed E-state index contributed by atoms with van der Waals surface area (Å²) >= 11 is 0. The smallest absolute Gasteiger partial charge is 0.271 e. The topological polar surface area (TPSA) is 61.4 Å². The van der Waals surface area contributed by atoms with E-state index in [0.717, 1.165) is 38.2 Å². The number of aromatic nitrogens is 2. The summed E-state index contributed by atoms with van der Waals surface area (Å²) in [5.74, 6) is 0.361. The maximum absolute atomic E-state index is 13.9. The van der Waals surface area contributed by atoms with E-state index in [1.807, 2.05) is 11.0 Å². The third-order valence-electron chi connectivity index (χ3n) is 4.73. The molecule has 0 saturated carbocycles. The Morgan fingerprint density at radius 1 is 1.07 bits per heavy atom. The number of halogens is 1. The van der Waals surface area contributed by atoms with Gasteiger partial charge in [0.2, 0.25) is 0 Å². The van der Waals surface area contributed by atoms with E-state index in [2.05, 4.69) is 27.1 Å². The lowest BCUT2D eigenvalue weighted by Gasteiger charge is -2.36. The van der Waals surface area contributed by atoms with Gasteiger partial charge in [0, 0.05) is 32.7 Å². The number of hydrogen-bond acceptors (Lipinski definition) is 5. The summed E-state index contributed by atoms with van der Waals surface area (Å²) in [6.45, 7) is 5.66. The lowest BCUT2D eigenvalue weighted by molar-refractivity contribution is 0.0947. The minimum Gasteiger partial charge on any atom is -0.366 e. The standard InChI is InChI=1S/C20H26FN5O/c1-2-3-6-9-22-20(27)17-14-24-19(15-23-17)26-12-10-25(11-13-26)18-8-5-4-7-16(18)21/h4-5,7-8,14-15H,2-3,6,9-13H2,1H3,(H,22,27). The molecule has 6 nitrogen and oxygen atoms in total. The largest absolute Gasteiger partial charge is 0.366 e. The Morgan fingerprint density at radius 3 is 2.48 bits per heavy atom. The molecule has 27 heavy (non-hydrogen) atoms. The fraction of sp³-hybridized carbons (Fsp3) is 0.450. The van der Waals surface area contributed by atoms with Crippen LogP contribution < -0.4 is 15.1 Å². The number of benzene rings is 1. The van der Waals surface area contributed by atoms with Gasteiger partial charge in [-0.05, 0) is 18.6 Å². The Balaban J connectivity index is 1.53. The van der Waals surface area contributed by atoms with Gasteiger partial charge in [-0.3, -0.25) is 4.79 Å². The molecule has 0 atom stereocenters. The highest BCUT2D eigenvalue weighted by atomic mass is 19.1. The molecule has 0 bridgehead atoms. The number of nitrogens with one attached hydrogen (secondary N) is 1. The fourth-order valence-corrected chi connectivity index (χ4v) is 3.15. The number of anilines is 2. The Morgan fingerprint density at radius 2 is 1.81 bits per heavy atom. The van der Waals surface area contributed by atoms with Gasteiger partial charge in [-0.2, -0.15) is 0 Å². The number of amides is 1. The van der Waals surface area contributed by atoms with Crippen LogP contribution in [0.3, 0.4) is 0 Å². The van der Waals surface area contributed by atoms with Crippen LogP contribution in [-0.4, -0.2) is 48.6 Å². The van der Waals surface area contributed by atoms with Crippen molar-refractivity contribution in [2.45, 2.75) is 26.2 Å². The zero-order valence-corrected chi connectivity index (χ0v) is 15.7. The molecule has 1 saturated heterocycles. The van der Waals surface area contributed by atoms with E-state index in [4.69, 9.17) is 0 Å². The van der Waals surface area contributed by atoms with Gasteiger partial charge in [0.1, 0.15) is 17.3 Å². The SMILES string of the molecule is CCCCCNC(=O)c1cnc(N2CCN(c3ccccc3F)CC2)cn1. The van der Waals surface area contributed by atoms with E-state index in [1.54, 1.807) is 18.3 Å². The van der Waals surface area contributed by atoms with Crippen molar-refractivity contribution in [3.05, 3.63) is 48.2 Å². The van der Waals surface area contributed by atoms with Gasteiger partial charge < -0.3 is 15.1 Å². The molecule has 1 aliphatic heterocycles. The number of hydrogen-bond donors (Lipinski definition) is 1. The molecule has 7 heteroatoms. The lowest BCUT2D eigenvalue weighted by atomic mass is 10.2. The number of rotatable bonds is 7. The quantitative estimate of drug-likeness (QED) is 0.759. The molecule has 1 aromatic carbocycles. The second kappa shape index (κ2) is 9.30. The number of nitrogens with zero attached hydrogens (tertiary/aromatic N) is 4. The van der Waals surface area contributed by atoms with Crippen molar-refractivity contribution >= 4 is 17.4 Å². The van der Waals surface area contributed by atoms with Gasteiger partial charge in [0.25, 0.3) is 5.91 Å². The minimum atomic E-state index is -0.194. The molecule has 0 spiro atoms. The van der Waals surface area contributed by atoms with E-state index in [1.165, 1.54) is 12.3 Å². The summed E-state index contributed by atoms with van der Waals surface area (Å²) in [7, 11) is 0. The first-order valence-corrected chi connectivity index (χ1v) is 9.53. The molecule has 1 aromatic heterocycles. The summed E-state index contributed by atoms with van der Waals surface area (Å²) in [4.78, 5) is 24.8. The van der Waals surface area contributed by atoms with E-state index in [9.17, 15) is 9.18 Å². The van der Waals surface area contributed by atoms with Crippen LogP contribution in [0, 0.1) is 5.82 Å². The van der Waals surface area contributed by atoms with Crippen LogP contribution in [-0.2, 0) is 0 Å². The number of carbonyl (C=O) groups excluding carboxylic acids is 1. The average Bonchev–Trinajstić information content (AvgIpc) is 2.72. The van der Waals surface area contributed by atoms with Gasteiger partial charge >= 0.3 is 0 Å². The van der Waals surface area contributed by atoms with Crippen LogP contribution >= 0.6 is 0 Å². The molecule has 1 N–H and O–H groups in total. The van der Waals surface area contributed by atoms with Gasteiger partial charge in [0.15, 0.2) is 0 Å². The van der Waals surface area contributed by atoms with Crippen molar-refractivity contribution in [3.63, 3.8) is 0 Å². The molecule has 0 unspecified atom stereocenters. The predicted molar refractivity (Wildman–Crippen MR) is 105 cm³/mol. The van der Waals surface area contributed by atoms with Crippen LogP contribution in [0.5, 0.6) is 0 Å². The predicted octanol–water partition coefficient (Wildman–Crippen LogP) is 2.86. The number of unbranched alkanes of at least 4 members (excludes halogenated alkanes) is 2. The average molecular weight is 371 g/mol. The van der Waals surface area contributed by atoms with Crippen LogP contribution in [0.2, 0.25) is 0 Å². The van der Waals surface area contributed by atoms with Crippen LogP contribution in [0.25, 0.3) is 0 Å². The highest BCUT2D eigenvalue weighted by molar-refractivity contribution is 5.91. The maximum atomic E-state index is 13.9. The molecule has 1 aliphatic rings. The van der Waals surface area contributed by atoms with Crippen molar-refractivity contribution in [1.29, 1.82) is 0 Å². The molecule has 1 fully saturated rings. The first kappa shape index (κ1) is 19.1. The van der Waals surface area contributed by atoms with Gasteiger partial charge in [-0.1, -0.05) is 31.9 Å². The third kappa shape index (κ3) is 4.93. The fourth-order valence-electron chi connectivity index (χ4n) is 3.15. The van der Waals surface area contributed by atoms with Gasteiger partial charge in [-0.15, -0.1) is 0 Å². The summed E-state index contributed by atoms with van der Waals surface area (Å²) in [6.07, 6.45) is 6.35. The Labute approximate surface area is 159 Å². The monoisotopic (exact) mass is 371 g/mol. The first-order chi connectivity index (χ1) is 13.2. The van der Waals surface area contributed by atoms with E-state index < -0.39 is 0 Å². The summed E-state index contributed by atoms with van der Waals surface area (Å²) < 4.78 is 13.9. The number of carbonyl (C=O) groups is 1. The van der Waals surface area contributed by atoms with E-state index in [0.29, 0.717) is 31.0 Å². The molecule has 1 amide bonds. The van der Waals surface area contributed by atoms with Crippen LogP contribution in [0.1, 0.15) is 36.7 Å². The summed E-state index contributed by atoms with van der Waals surface area (Å²) in [5.41, 5.74) is 0.971. The summed E-state index contributed by atoms with van der Waals surface area (Å²) in [6, 6.07) is 6.84. The highest BCUT2D eigenvalue weighted by Crippen LogP contribution is 2.21. The molecule has 144 valence electrons. The van der Waals surface area contributed by atoms with Gasteiger partial charge in [-0.25, -0.2) is 14.4 Å². The number of piperazine rings is 1. The van der Waals surface area contributed by atoms with Crippen molar-refractivity contribution in [2.24, 2.45) is 0 Å². The third-order valence-corrected chi connectivity index (χ3v) is 4.73. The first-order valence-electron chi connectivity index (χ1n) is 9.53. The molecule has 2 heterocycles. The van der Waals surface area contributed by atoms with Crippen molar-refractivity contribution in [3.8, 4) is 0 Å². The molecule has 3 rings (SSSR count). The second-order valence-corrected chi connectivity index (χ2v) is 6.65. The zero-order chi connectivity index (χ0) is 19.1. The van der Waals surface area contributed by atoms with Crippen molar-refractivity contribution in [2.75, 3.05) is 42.5 Å². The maximum Gasteiger partial charge on any atom is 0.271 e. The van der Waals surface area contributed by atoms with E-state index >= 15 is 0 Å². The molecule has 0 aliphatic carbocycles. The Hall–Kier alpha value is -2.70. The molecule has 2 aromatic rings. The lowest BCUT2D eigenvalue weighted by Crippen LogP contribution is -2.47. The Kier molecular flexibility index (Phi) is 6.57. The molecular weight excluding hydrogens is 345 g/mol. The van der Waals surface area contributed by atoms with Crippen molar-refractivity contribution < 1.29 is 9.18 Å². The van der Waals surface area contributed by atoms with Gasteiger partial charge in [0.05, 0.1) is 18.1 Å². The highest BCUT2D eigenvalue weighted by Gasteiger charge is 2.20. The zero-order valence-electron chi connectivity index (χ0n) is 15.7. The van der Waals surface area contributed by atoms with E-state index in [-0.39, 0.29) is 11.7 Å². The van der Waals surface area contributed by atoms with Crippen LogP contribution in [0.15, 0.2) is 36.7 Å².